The molecule has 3 aliphatic rings. The Labute approximate surface area is 227 Å². The van der Waals surface area contributed by atoms with Crippen molar-refractivity contribution in [1.29, 1.82) is 0 Å². The summed E-state index contributed by atoms with van der Waals surface area (Å²) in [4.78, 5) is 41.3. The SMILES string of the molecule is Cc1ccccc1N1C(=O)[C@@H]2[C@@H](N=NN2CC(=O)N2N=C(c3ccc(Br)cc3)C[C@H]2c2ccccc2)C1=O. The lowest BCUT2D eigenvalue weighted by atomic mass is 9.98. The molecule has 3 heterocycles. The van der Waals surface area contributed by atoms with Crippen LogP contribution in [0.2, 0.25) is 0 Å². The Hall–Kier alpha value is -4.18. The molecule has 9 nitrogen and oxygen atoms in total. The van der Waals surface area contributed by atoms with Crippen molar-refractivity contribution in [3.8, 4) is 0 Å². The number of hydrazone groups is 1. The van der Waals surface area contributed by atoms with Crippen molar-refractivity contribution in [2.24, 2.45) is 15.4 Å². The van der Waals surface area contributed by atoms with Gasteiger partial charge >= 0.3 is 0 Å². The summed E-state index contributed by atoms with van der Waals surface area (Å²) in [5.74, 6) is -1.21. The molecular formula is C28H23BrN6O3. The quantitative estimate of drug-likeness (QED) is 0.424. The number of hydrogen-bond acceptors (Lipinski definition) is 7. The lowest BCUT2D eigenvalue weighted by Gasteiger charge is -2.25. The third kappa shape index (κ3) is 4.10. The van der Waals surface area contributed by atoms with Crippen molar-refractivity contribution in [3.05, 3.63) is 100 Å². The van der Waals surface area contributed by atoms with Gasteiger partial charge in [-0.1, -0.05) is 81.8 Å². The monoisotopic (exact) mass is 570 g/mol. The van der Waals surface area contributed by atoms with Crippen LogP contribution in [0, 0.1) is 6.92 Å². The van der Waals surface area contributed by atoms with E-state index >= 15 is 0 Å². The zero-order chi connectivity index (χ0) is 26.4. The molecule has 10 heteroatoms. The van der Waals surface area contributed by atoms with E-state index in [9.17, 15) is 14.4 Å². The van der Waals surface area contributed by atoms with E-state index in [1.165, 1.54) is 10.0 Å². The maximum absolute atomic E-state index is 13.7. The van der Waals surface area contributed by atoms with E-state index in [0.717, 1.165) is 31.8 Å². The van der Waals surface area contributed by atoms with Crippen LogP contribution in [0.15, 0.2) is 98.8 Å². The standard InChI is InChI=1S/C28H23BrN6O3/c1-17-7-5-6-10-22(17)34-27(37)25-26(28(34)38)33(32-30-25)16-24(36)35-23(19-8-3-2-4-9-19)15-21(31-35)18-11-13-20(29)14-12-18/h2-14,23,25-26H,15-16H2,1H3/t23-,25+,26-/m0/s1. The summed E-state index contributed by atoms with van der Waals surface area (Å²) in [6, 6.07) is 22.5. The Morgan fingerprint density at radius 3 is 2.39 bits per heavy atom. The molecule has 6 rings (SSSR count). The molecule has 0 N–H and O–H groups in total. The number of carbonyl (C=O) groups excluding carboxylic acids is 3. The average Bonchev–Trinajstić information content (AvgIpc) is 3.61. The van der Waals surface area contributed by atoms with E-state index in [1.807, 2.05) is 73.7 Å². The highest BCUT2D eigenvalue weighted by atomic mass is 79.9. The van der Waals surface area contributed by atoms with Crippen molar-refractivity contribution >= 4 is 45.1 Å². The fourth-order valence-corrected chi connectivity index (χ4v) is 5.37. The third-order valence-corrected chi connectivity index (χ3v) is 7.57. The van der Waals surface area contributed by atoms with Crippen LogP contribution in [0.4, 0.5) is 5.69 Å². The van der Waals surface area contributed by atoms with Crippen LogP contribution < -0.4 is 4.90 Å². The Balaban J connectivity index is 1.26. The topological polar surface area (TPSA) is 98.0 Å². The van der Waals surface area contributed by atoms with Crippen LogP contribution in [-0.4, -0.2) is 52.1 Å². The van der Waals surface area contributed by atoms with Gasteiger partial charge in [-0.3, -0.25) is 19.4 Å². The van der Waals surface area contributed by atoms with Gasteiger partial charge in [-0.05, 0) is 41.8 Å². The van der Waals surface area contributed by atoms with Crippen LogP contribution in [-0.2, 0) is 14.4 Å². The first-order chi connectivity index (χ1) is 18.4. The molecule has 3 aromatic rings. The van der Waals surface area contributed by atoms with Crippen LogP contribution in [0.3, 0.4) is 0 Å². The molecule has 0 aromatic heterocycles. The zero-order valence-corrected chi connectivity index (χ0v) is 22.0. The molecule has 0 spiro atoms. The number of rotatable bonds is 5. The van der Waals surface area contributed by atoms with Gasteiger partial charge in [-0.25, -0.2) is 9.91 Å². The average molecular weight is 571 g/mol. The van der Waals surface area contributed by atoms with Gasteiger partial charge in [0, 0.05) is 10.9 Å². The highest BCUT2D eigenvalue weighted by molar-refractivity contribution is 9.10. The fraction of sp³-hybridized carbons (Fsp3) is 0.214. The molecule has 38 heavy (non-hydrogen) atoms. The summed E-state index contributed by atoms with van der Waals surface area (Å²) < 4.78 is 0.955. The van der Waals surface area contributed by atoms with E-state index in [1.54, 1.807) is 12.1 Å². The summed E-state index contributed by atoms with van der Waals surface area (Å²) in [6.07, 6.45) is 0.545. The number of carbonyl (C=O) groups is 3. The van der Waals surface area contributed by atoms with E-state index in [0.29, 0.717) is 12.1 Å². The summed E-state index contributed by atoms with van der Waals surface area (Å²) in [6.45, 7) is 1.61. The molecule has 3 aromatic carbocycles. The summed E-state index contributed by atoms with van der Waals surface area (Å²) in [7, 11) is 0. The van der Waals surface area contributed by atoms with E-state index < -0.39 is 23.9 Å². The van der Waals surface area contributed by atoms with Gasteiger partial charge in [0.2, 0.25) is 0 Å². The minimum Gasteiger partial charge on any atom is -0.271 e. The van der Waals surface area contributed by atoms with Crippen molar-refractivity contribution in [2.75, 3.05) is 11.4 Å². The maximum Gasteiger partial charge on any atom is 0.264 e. The Bertz CT molecular complexity index is 1490. The molecule has 3 amide bonds. The van der Waals surface area contributed by atoms with Gasteiger partial charge in [0.1, 0.15) is 6.54 Å². The first kappa shape index (κ1) is 24.2. The molecule has 190 valence electrons. The number of aryl methyl sites for hydroxylation is 1. The van der Waals surface area contributed by atoms with E-state index in [2.05, 4.69) is 26.3 Å². The molecule has 3 atom stereocenters. The number of halogens is 1. The lowest BCUT2D eigenvalue weighted by Crippen LogP contribution is -2.44. The fourth-order valence-electron chi connectivity index (χ4n) is 5.11. The van der Waals surface area contributed by atoms with E-state index in [-0.39, 0.29) is 18.5 Å². The van der Waals surface area contributed by atoms with Crippen molar-refractivity contribution in [1.82, 2.24) is 10.0 Å². The minimum atomic E-state index is -0.972. The predicted molar refractivity (Wildman–Crippen MR) is 144 cm³/mol. The van der Waals surface area contributed by atoms with Gasteiger partial charge in [0.15, 0.2) is 12.1 Å². The number of benzene rings is 3. The molecule has 3 aliphatic heterocycles. The highest BCUT2D eigenvalue weighted by Gasteiger charge is 2.55. The molecule has 1 saturated heterocycles. The van der Waals surface area contributed by atoms with Gasteiger partial charge in [-0.2, -0.15) is 10.2 Å². The number of amides is 3. The Morgan fingerprint density at radius 2 is 1.66 bits per heavy atom. The van der Waals surface area contributed by atoms with Crippen molar-refractivity contribution in [2.45, 2.75) is 31.5 Å². The van der Waals surface area contributed by atoms with Crippen LogP contribution >= 0.6 is 15.9 Å². The molecule has 1 fully saturated rings. The van der Waals surface area contributed by atoms with Crippen molar-refractivity contribution < 1.29 is 14.4 Å². The lowest BCUT2D eigenvalue weighted by molar-refractivity contribution is -0.135. The second-order valence-electron chi connectivity index (χ2n) is 9.41. The van der Waals surface area contributed by atoms with E-state index in [4.69, 9.17) is 5.10 Å². The van der Waals surface area contributed by atoms with Crippen LogP contribution in [0.1, 0.15) is 29.2 Å². The third-order valence-electron chi connectivity index (χ3n) is 7.04. The predicted octanol–water partition coefficient (Wildman–Crippen LogP) is 4.43. The molecular weight excluding hydrogens is 548 g/mol. The molecule has 0 aliphatic carbocycles. The second kappa shape index (κ2) is 9.60. The summed E-state index contributed by atoms with van der Waals surface area (Å²) >= 11 is 3.46. The van der Waals surface area contributed by atoms with Crippen molar-refractivity contribution in [3.63, 3.8) is 0 Å². The van der Waals surface area contributed by atoms with Crippen LogP contribution in [0.5, 0.6) is 0 Å². The molecule has 0 saturated carbocycles. The van der Waals surface area contributed by atoms with Gasteiger partial charge in [0.25, 0.3) is 17.7 Å². The smallest absolute Gasteiger partial charge is 0.264 e. The first-order valence-electron chi connectivity index (χ1n) is 12.2. The molecule has 0 bridgehead atoms. The Morgan fingerprint density at radius 1 is 0.947 bits per heavy atom. The second-order valence-corrected chi connectivity index (χ2v) is 10.3. The molecule has 0 radical (unpaired) electrons. The van der Waals surface area contributed by atoms with Gasteiger partial charge in [-0.15, -0.1) is 0 Å². The first-order valence-corrected chi connectivity index (χ1v) is 13.0. The number of anilines is 1. The largest absolute Gasteiger partial charge is 0.271 e. The number of imide groups is 1. The van der Waals surface area contributed by atoms with Crippen LogP contribution in [0.25, 0.3) is 0 Å². The summed E-state index contributed by atoms with van der Waals surface area (Å²) in [5.41, 5.74) is 3.99. The summed E-state index contributed by atoms with van der Waals surface area (Å²) in [5, 5.41) is 15.6. The number of nitrogens with zero attached hydrogens (tertiary/aromatic N) is 6. The minimum absolute atomic E-state index is 0.230. The number of hydrogen-bond donors (Lipinski definition) is 0. The highest BCUT2D eigenvalue weighted by Crippen LogP contribution is 2.36. The zero-order valence-electron chi connectivity index (χ0n) is 20.4. The number of para-hydroxylation sites is 1. The Kier molecular flexibility index (Phi) is 6.11. The van der Waals surface area contributed by atoms with Gasteiger partial charge < -0.3 is 0 Å². The normalized spacial score (nSPS) is 22.3. The number of fused-ring (bicyclic) bond motifs is 1. The molecule has 0 unspecified atom stereocenters. The van der Waals surface area contributed by atoms with Gasteiger partial charge in [0.05, 0.1) is 17.4 Å². The maximum atomic E-state index is 13.7.